The minimum Gasteiger partial charge on any atom is -0.489 e. The maximum atomic E-state index is 14.6. The van der Waals surface area contributed by atoms with E-state index in [1.165, 1.54) is 0 Å². The molecule has 14 nitrogen and oxygen atoms in total. The first-order valence-electron chi connectivity index (χ1n) is 21.8. The number of ether oxygens (including phenoxy) is 3. The number of hydrogen-bond donors (Lipinski definition) is 5. The number of aliphatic hydroxyl groups is 2. The van der Waals surface area contributed by atoms with E-state index in [4.69, 9.17) is 18.6 Å². The molecule has 0 aliphatic carbocycles. The van der Waals surface area contributed by atoms with Crippen LogP contribution in [-0.4, -0.2) is 45.2 Å². The summed E-state index contributed by atoms with van der Waals surface area (Å²) in [4.78, 5) is 46.3. The van der Waals surface area contributed by atoms with Crippen LogP contribution in [0.3, 0.4) is 0 Å². The van der Waals surface area contributed by atoms with Gasteiger partial charge in [-0.25, -0.2) is 9.78 Å². The van der Waals surface area contributed by atoms with Gasteiger partial charge in [0.15, 0.2) is 17.1 Å². The van der Waals surface area contributed by atoms with Crippen LogP contribution in [0, 0.1) is 23.2 Å². The Morgan fingerprint density at radius 2 is 1.41 bits per heavy atom. The van der Waals surface area contributed by atoms with Gasteiger partial charge in [-0.3, -0.25) is 9.59 Å². The van der Waals surface area contributed by atoms with Gasteiger partial charge in [-0.1, -0.05) is 143 Å². The molecule has 5 aromatic carbocycles. The molecule has 1 aromatic heterocycles. The second kappa shape index (κ2) is 21.0. The zero-order chi connectivity index (χ0) is 46.8. The molecule has 5 N–H and O–H groups in total. The zero-order valence-electron chi connectivity index (χ0n) is 37.1. The van der Waals surface area contributed by atoms with Gasteiger partial charge in [0.2, 0.25) is 17.7 Å². The highest BCUT2D eigenvalue weighted by Gasteiger charge is 2.50. The van der Waals surface area contributed by atoms with Gasteiger partial charge >= 0.3 is 6.09 Å². The molecule has 3 amide bonds. The van der Waals surface area contributed by atoms with Crippen molar-refractivity contribution in [3.05, 3.63) is 184 Å². The van der Waals surface area contributed by atoms with Crippen molar-refractivity contribution in [1.29, 1.82) is 5.26 Å². The van der Waals surface area contributed by atoms with Crippen molar-refractivity contribution in [1.82, 2.24) is 20.9 Å². The van der Waals surface area contributed by atoms with E-state index in [0.29, 0.717) is 5.56 Å². The Hall–Kier alpha value is -7.47. The van der Waals surface area contributed by atoms with Crippen molar-refractivity contribution in [2.45, 2.75) is 83.8 Å². The normalized spacial score (nSPS) is 18.7. The average Bonchev–Trinajstić information content (AvgIpc) is 3.77. The molecular weight excluding hydrogens is 839 g/mol. The minimum absolute atomic E-state index is 0.0164. The van der Waals surface area contributed by atoms with Gasteiger partial charge < -0.3 is 44.8 Å². The molecule has 0 saturated heterocycles. The molecule has 0 unspecified atom stereocenters. The summed E-state index contributed by atoms with van der Waals surface area (Å²) in [5.74, 6) is -2.27. The molecule has 6 aromatic rings. The summed E-state index contributed by atoms with van der Waals surface area (Å²) in [5, 5.41) is 45.5. The number of fused-ring (bicyclic) bond motifs is 4. The lowest BCUT2D eigenvalue weighted by Gasteiger charge is -2.34. The van der Waals surface area contributed by atoms with E-state index in [2.05, 4.69) is 20.9 Å². The molecule has 0 fully saturated rings. The summed E-state index contributed by atoms with van der Waals surface area (Å²) < 4.78 is 24.5. The predicted octanol–water partition coefficient (Wildman–Crippen LogP) is 7.48. The van der Waals surface area contributed by atoms with Crippen LogP contribution in [-0.2, 0) is 46.2 Å². The number of carbonyl (C=O) groups excluding carboxylic acids is 3. The van der Waals surface area contributed by atoms with Crippen molar-refractivity contribution in [2.24, 2.45) is 11.8 Å². The zero-order valence-corrected chi connectivity index (χ0v) is 37.1. The lowest BCUT2D eigenvalue weighted by molar-refractivity contribution is -0.131. The summed E-state index contributed by atoms with van der Waals surface area (Å²) in [6, 6.07) is 38.0. The third-order valence-electron chi connectivity index (χ3n) is 11.4. The standard InChI is InChI=1S/C52H53N5O9/c1-32(2)44(57-51(61)65-31-36-20-12-7-13-21-36)49(60)54-40-27-37-24-25-42(63-29-34-16-8-5-9-17-34)38(26-37)46(58)52(62,39-22-14-15-23-43(39)64-30-35-18-10-6-11-19-35)47-41(28-53)55-50(66-47)45(33(3)4)56-48(40)59/h5-26,32-33,40,44-46,58,62H,27,29-31H2,1-4H3,(H,54,60)(H,56,59)(H,57,61)/t40-,44-,45-,46+,52+/m0/s1. The van der Waals surface area contributed by atoms with Crippen LogP contribution >= 0.6 is 0 Å². The SMILES string of the molecule is CC(C)[C@H](NC(=O)OCc1ccccc1)C(=O)N[C@H]1Cc2ccc(OCc3ccccc3)c(c2)[C@@H](O)[C@](O)(c2ccccc2OCc2ccccc2)c2oc(nc2C#N)[C@H](C(C)C)NC1=O. The van der Waals surface area contributed by atoms with Crippen molar-refractivity contribution >= 4 is 17.9 Å². The molecule has 2 heterocycles. The summed E-state index contributed by atoms with van der Waals surface area (Å²) in [6.07, 6.45) is -2.85. The van der Waals surface area contributed by atoms with Crippen LogP contribution in [0.25, 0.3) is 0 Å². The Bertz CT molecular complexity index is 2650. The lowest BCUT2D eigenvalue weighted by Crippen LogP contribution is -2.56. The first-order valence-corrected chi connectivity index (χ1v) is 21.8. The molecule has 4 bridgehead atoms. The second-order valence-corrected chi connectivity index (χ2v) is 16.9. The van der Waals surface area contributed by atoms with Gasteiger partial charge in [-0.15, -0.1) is 0 Å². The van der Waals surface area contributed by atoms with Gasteiger partial charge in [0.25, 0.3) is 0 Å². The van der Waals surface area contributed by atoms with Gasteiger partial charge in [-0.2, -0.15) is 5.26 Å². The number of oxazole rings is 1. The quantitative estimate of drug-likeness (QED) is 0.0725. The number of amides is 3. The molecule has 1 aliphatic rings. The molecular formula is C52H53N5O9. The van der Waals surface area contributed by atoms with Crippen LogP contribution < -0.4 is 25.4 Å². The van der Waals surface area contributed by atoms with Gasteiger partial charge in [-0.05, 0) is 52.3 Å². The maximum Gasteiger partial charge on any atom is 0.408 e. The van der Waals surface area contributed by atoms with Gasteiger partial charge in [0.05, 0.1) is 0 Å². The third-order valence-corrected chi connectivity index (χ3v) is 11.4. The van der Waals surface area contributed by atoms with E-state index in [1.807, 2.05) is 97.1 Å². The number of alkyl carbamates (subject to hydrolysis) is 1. The molecule has 66 heavy (non-hydrogen) atoms. The van der Waals surface area contributed by atoms with Gasteiger partial charge in [0, 0.05) is 17.5 Å². The Kier molecular flexibility index (Phi) is 14.8. The summed E-state index contributed by atoms with van der Waals surface area (Å²) in [7, 11) is 0. The molecule has 0 spiro atoms. The number of benzene rings is 5. The number of nitrogens with zero attached hydrogens (tertiary/aromatic N) is 2. The van der Waals surface area contributed by atoms with Gasteiger partial charge in [0.1, 0.15) is 61.6 Å². The fraction of sp³-hybridized carbons (Fsp3) is 0.288. The van der Waals surface area contributed by atoms with Crippen LogP contribution in [0.15, 0.2) is 138 Å². The number of hydrogen-bond acceptors (Lipinski definition) is 11. The van der Waals surface area contributed by atoms with Crippen molar-refractivity contribution < 1.29 is 43.2 Å². The largest absolute Gasteiger partial charge is 0.489 e. The van der Waals surface area contributed by atoms with E-state index >= 15 is 0 Å². The number of rotatable bonds is 14. The second-order valence-electron chi connectivity index (χ2n) is 16.9. The van der Waals surface area contributed by atoms with E-state index in [0.717, 1.165) is 16.7 Å². The monoisotopic (exact) mass is 891 g/mol. The molecule has 1 aliphatic heterocycles. The number of nitrogens with one attached hydrogen (secondary N) is 3. The summed E-state index contributed by atoms with van der Waals surface area (Å²) in [6.45, 7) is 7.29. The smallest absolute Gasteiger partial charge is 0.408 e. The number of aromatic nitrogens is 1. The highest BCUT2D eigenvalue weighted by Crippen LogP contribution is 2.49. The van der Waals surface area contributed by atoms with Crippen molar-refractivity contribution in [2.75, 3.05) is 0 Å². The first kappa shape index (κ1) is 46.5. The minimum atomic E-state index is -2.56. The number of para-hydroxylation sites is 1. The topological polar surface area (TPSA) is 205 Å². The fourth-order valence-electron chi connectivity index (χ4n) is 7.77. The number of carbonyl (C=O) groups is 3. The predicted molar refractivity (Wildman–Crippen MR) is 243 cm³/mol. The first-order chi connectivity index (χ1) is 31.8. The Morgan fingerprint density at radius 3 is 2.00 bits per heavy atom. The summed E-state index contributed by atoms with van der Waals surface area (Å²) >= 11 is 0. The van der Waals surface area contributed by atoms with E-state index < -0.39 is 65.3 Å². The van der Waals surface area contributed by atoms with E-state index in [9.17, 15) is 29.9 Å². The number of nitriles is 1. The fourth-order valence-corrected chi connectivity index (χ4v) is 7.77. The molecule has 5 atom stereocenters. The molecule has 340 valence electrons. The Morgan fingerprint density at radius 1 is 0.833 bits per heavy atom. The van der Waals surface area contributed by atoms with Crippen LogP contribution in [0.1, 0.15) is 90.6 Å². The lowest BCUT2D eigenvalue weighted by atomic mass is 9.80. The average molecular weight is 892 g/mol. The van der Waals surface area contributed by atoms with Crippen LogP contribution in [0.4, 0.5) is 4.79 Å². The van der Waals surface area contributed by atoms with Crippen LogP contribution in [0.5, 0.6) is 11.5 Å². The summed E-state index contributed by atoms with van der Waals surface area (Å²) in [5.41, 5.74) is 0.108. The highest BCUT2D eigenvalue weighted by atomic mass is 16.5. The molecule has 7 rings (SSSR count). The van der Waals surface area contributed by atoms with Crippen LogP contribution in [0.2, 0.25) is 0 Å². The van der Waals surface area contributed by atoms with Crippen molar-refractivity contribution in [3.63, 3.8) is 0 Å². The molecule has 0 saturated carbocycles. The van der Waals surface area contributed by atoms with E-state index in [-0.39, 0.29) is 60.5 Å². The third kappa shape index (κ3) is 10.7. The maximum absolute atomic E-state index is 14.6. The number of aliphatic hydroxyl groups excluding tert-OH is 1. The highest BCUT2D eigenvalue weighted by molar-refractivity contribution is 5.91. The molecule has 14 heteroatoms. The van der Waals surface area contributed by atoms with Crippen molar-refractivity contribution in [3.8, 4) is 17.6 Å². The Labute approximate surface area is 383 Å². The Balaban J connectivity index is 1.32. The van der Waals surface area contributed by atoms with E-state index in [1.54, 1.807) is 70.2 Å². The molecule has 0 radical (unpaired) electrons.